The maximum absolute atomic E-state index is 6.28. The van der Waals surface area contributed by atoms with Crippen molar-refractivity contribution in [2.24, 2.45) is 17.3 Å². The summed E-state index contributed by atoms with van der Waals surface area (Å²) < 4.78 is 6.28. The highest BCUT2D eigenvalue weighted by Crippen LogP contribution is 2.52. The van der Waals surface area contributed by atoms with Crippen LogP contribution >= 0.6 is 0 Å². The molecule has 15 heavy (non-hydrogen) atoms. The Morgan fingerprint density at radius 2 is 1.67 bits per heavy atom. The number of hydrogen-bond acceptors (Lipinski definition) is 1. The third-order valence-corrected chi connectivity index (χ3v) is 5.16. The largest absolute Gasteiger partial charge is 0.375 e. The predicted molar refractivity (Wildman–Crippen MR) is 61.8 cm³/mol. The van der Waals surface area contributed by atoms with Crippen LogP contribution in [0.5, 0.6) is 0 Å². The van der Waals surface area contributed by atoms with Crippen molar-refractivity contribution in [1.82, 2.24) is 0 Å². The molecule has 3 fully saturated rings. The molecule has 0 amide bonds. The molecule has 3 aliphatic rings. The molecule has 1 spiro atoms. The Labute approximate surface area is 93.6 Å². The molecule has 0 aromatic rings. The first-order chi connectivity index (χ1) is 7.09. The van der Waals surface area contributed by atoms with Gasteiger partial charge in [0.15, 0.2) is 0 Å². The van der Waals surface area contributed by atoms with Gasteiger partial charge in [-0.3, -0.25) is 0 Å². The topological polar surface area (TPSA) is 9.23 Å². The lowest BCUT2D eigenvalue weighted by Gasteiger charge is -2.43. The Morgan fingerprint density at radius 1 is 0.933 bits per heavy atom. The van der Waals surface area contributed by atoms with E-state index in [2.05, 4.69) is 13.8 Å². The Balaban J connectivity index is 1.65. The quantitative estimate of drug-likeness (QED) is 0.589. The fraction of sp³-hybridized carbons (Fsp3) is 1.00. The molecular weight excluding hydrogens is 184 g/mol. The zero-order valence-corrected chi connectivity index (χ0v) is 10.2. The minimum absolute atomic E-state index is 0.308. The molecule has 1 nitrogen and oxygen atoms in total. The van der Waals surface area contributed by atoms with Gasteiger partial charge in [-0.1, -0.05) is 13.8 Å². The Kier molecular flexibility index (Phi) is 2.18. The highest BCUT2D eigenvalue weighted by atomic mass is 16.5. The summed E-state index contributed by atoms with van der Waals surface area (Å²) in [6, 6.07) is 0. The summed E-state index contributed by atoms with van der Waals surface area (Å²) in [5.41, 5.74) is 0.882. The first-order valence-corrected chi connectivity index (χ1v) is 6.73. The van der Waals surface area contributed by atoms with Crippen molar-refractivity contribution in [3.05, 3.63) is 0 Å². The van der Waals surface area contributed by atoms with E-state index < -0.39 is 0 Å². The molecule has 3 rings (SSSR count). The fourth-order valence-corrected chi connectivity index (χ4v) is 3.45. The van der Waals surface area contributed by atoms with Crippen LogP contribution < -0.4 is 0 Å². The second-order valence-electron chi connectivity index (χ2n) is 6.95. The molecular formula is C14H24O. The van der Waals surface area contributed by atoms with Crippen LogP contribution in [0.25, 0.3) is 0 Å². The fourth-order valence-electron chi connectivity index (χ4n) is 3.45. The molecule has 0 unspecified atom stereocenters. The summed E-state index contributed by atoms with van der Waals surface area (Å²) >= 11 is 0. The van der Waals surface area contributed by atoms with Gasteiger partial charge in [-0.25, -0.2) is 0 Å². The SMILES string of the molecule is CC1(C)CCC2(CC[C@@H]3C[C@H]3CO2)CC1. The summed E-state index contributed by atoms with van der Waals surface area (Å²) in [5, 5.41) is 0. The van der Waals surface area contributed by atoms with Crippen LogP contribution in [0.1, 0.15) is 58.8 Å². The molecule has 0 N–H and O–H groups in total. The van der Waals surface area contributed by atoms with Gasteiger partial charge in [0.2, 0.25) is 0 Å². The standard InChI is InChI=1S/C14H24O/c1-13(2)5-7-14(8-6-13)4-3-11-9-12(11)10-15-14/h11-12H,3-10H2,1-2H3/t11-,12+/m1/s1. The second-order valence-corrected chi connectivity index (χ2v) is 6.95. The van der Waals surface area contributed by atoms with Gasteiger partial charge in [0.25, 0.3) is 0 Å². The van der Waals surface area contributed by atoms with Gasteiger partial charge in [-0.2, -0.15) is 0 Å². The molecule has 2 aliphatic carbocycles. The van der Waals surface area contributed by atoms with Crippen molar-refractivity contribution in [2.45, 2.75) is 64.4 Å². The van der Waals surface area contributed by atoms with Gasteiger partial charge in [-0.15, -0.1) is 0 Å². The third-order valence-electron chi connectivity index (χ3n) is 5.16. The van der Waals surface area contributed by atoms with Crippen LogP contribution in [0.2, 0.25) is 0 Å². The van der Waals surface area contributed by atoms with Gasteiger partial charge in [0.05, 0.1) is 12.2 Å². The molecule has 2 saturated carbocycles. The smallest absolute Gasteiger partial charge is 0.0683 e. The van der Waals surface area contributed by atoms with Crippen molar-refractivity contribution in [2.75, 3.05) is 6.61 Å². The number of ether oxygens (including phenoxy) is 1. The van der Waals surface area contributed by atoms with Crippen LogP contribution in [0.15, 0.2) is 0 Å². The van der Waals surface area contributed by atoms with Crippen LogP contribution in [-0.4, -0.2) is 12.2 Å². The van der Waals surface area contributed by atoms with E-state index in [1.54, 1.807) is 0 Å². The van der Waals surface area contributed by atoms with Crippen LogP contribution in [0, 0.1) is 17.3 Å². The molecule has 1 heterocycles. The lowest BCUT2D eigenvalue weighted by Crippen LogP contribution is -2.39. The normalized spacial score (nSPS) is 42.0. The lowest BCUT2D eigenvalue weighted by molar-refractivity contribution is -0.0908. The predicted octanol–water partition coefficient (Wildman–Crippen LogP) is 3.77. The Bertz CT molecular complexity index is 232. The molecule has 1 aliphatic heterocycles. The van der Waals surface area contributed by atoms with Gasteiger partial charge in [0.1, 0.15) is 0 Å². The van der Waals surface area contributed by atoms with E-state index in [9.17, 15) is 0 Å². The molecule has 0 aromatic heterocycles. The first-order valence-electron chi connectivity index (χ1n) is 6.73. The summed E-state index contributed by atoms with van der Waals surface area (Å²) in [7, 11) is 0. The van der Waals surface area contributed by atoms with Gasteiger partial charge in [0, 0.05) is 0 Å². The highest BCUT2D eigenvalue weighted by molar-refractivity contribution is 4.97. The maximum atomic E-state index is 6.28. The molecule has 1 saturated heterocycles. The van der Waals surface area contributed by atoms with Crippen molar-refractivity contribution in [3.63, 3.8) is 0 Å². The average molecular weight is 208 g/mol. The van der Waals surface area contributed by atoms with E-state index >= 15 is 0 Å². The molecule has 86 valence electrons. The molecule has 0 radical (unpaired) electrons. The molecule has 1 heteroatoms. The molecule has 0 aromatic carbocycles. The van der Waals surface area contributed by atoms with E-state index in [4.69, 9.17) is 4.74 Å². The maximum Gasteiger partial charge on any atom is 0.0683 e. The van der Waals surface area contributed by atoms with Crippen LogP contribution in [0.4, 0.5) is 0 Å². The van der Waals surface area contributed by atoms with E-state index in [0.717, 1.165) is 18.4 Å². The second kappa shape index (κ2) is 3.23. The van der Waals surface area contributed by atoms with Crippen molar-refractivity contribution >= 4 is 0 Å². The summed E-state index contributed by atoms with van der Waals surface area (Å²) in [6.45, 7) is 5.90. The molecule has 2 atom stereocenters. The lowest BCUT2D eigenvalue weighted by atomic mass is 9.69. The number of fused-ring (bicyclic) bond motifs is 1. The van der Waals surface area contributed by atoms with E-state index in [-0.39, 0.29) is 0 Å². The zero-order valence-electron chi connectivity index (χ0n) is 10.2. The van der Waals surface area contributed by atoms with Crippen LogP contribution in [0.3, 0.4) is 0 Å². The van der Waals surface area contributed by atoms with Gasteiger partial charge in [-0.05, 0) is 62.2 Å². The average Bonchev–Trinajstić information content (AvgIpc) is 2.93. The van der Waals surface area contributed by atoms with E-state index in [1.807, 2.05) is 0 Å². The summed E-state index contributed by atoms with van der Waals surface area (Å²) in [5.74, 6) is 1.98. The third kappa shape index (κ3) is 1.95. The van der Waals surface area contributed by atoms with Crippen molar-refractivity contribution in [3.8, 4) is 0 Å². The number of hydrogen-bond donors (Lipinski definition) is 0. The Hall–Kier alpha value is -0.0400. The van der Waals surface area contributed by atoms with E-state index in [1.165, 1.54) is 44.9 Å². The monoisotopic (exact) mass is 208 g/mol. The van der Waals surface area contributed by atoms with E-state index in [0.29, 0.717) is 11.0 Å². The Morgan fingerprint density at radius 3 is 2.40 bits per heavy atom. The highest BCUT2D eigenvalue weighted by Gasteiger charge is 2.47. The summed E-state index contributed by atoms with van der Waals surface area (Å²) in [6.07, 6.45) is 9.63. The zero-order chi connectivity index (χ0) is 10.5. The minimum Gasteiger partial charge on any atom is -0.375 e. The van der Waals surface area contributed by atoms with Crippen molar-refractivity contribution in [1.29, 1.82) is 0 Å². The summed E-state index contributed by atoms with van der Waals surface area (Å²) in [4.78, 5) is 0. The van der Waals surface area contributed by atoms with Crippen LogP contribution in [-0.2, 0) is 4.74 Å². The van der Waals surface area contributed by atoms with Gasteiger partial charge < -0.3 is 4.74 Å². The van der Waals surface area contributed by atoms with Crippen molar-refractivity contribution < 1.29 is 4.74 Å². The van der Waals surface area contributed by atoms with Gasteiger partial charge >= 0.3 is 0 Å². The number of rotatable bonds is 0. The minimum atomic E-state index is 0.308. The first kappa shape index (κ1) is 10.1. The molecule has 0 bridgehead atoms.